The predicted octanol–water partition coefficient (Wildman–Crippen LogP) is 2.84. The maximum atomic E-state index is 12.4. The highest BCUT2D eigenvalue weighted by Crippen LogP contribution is 2.30. The highest BCUT2D eigenvalue weighted by Gasteiger charge is 2.19. The van der Waals surface area contributed by atoms with Crippen LogP contribution in [0.1, 0.15) is 0 Å². The molecule has 0 saturated heterocycles. The Kier molecular flexibility index (Phi) is 4.20. The summed E-state index contributed by atoms with van der Waals surface area (Å²) in [4.78, 5) is 0.143. The summed E-state index contributed by atoms with van der Waals surface area (Å²) in [5.41, 5.74) is 6.41. The average molecular weight is 357 g/mol. The molecule has 0 spiro atoms. The van der Waals surface area contributed by atoms with E-state index in [0.717, 1.165) is 0 Å². The average Bonchev–Trinajstić information content (AvgIpc) is 2.39. The molecular weight excluding hydrogens is 344 g/mol. The first-order chi connectivity index (χ1) is 9.44. The van der Waals surface area contributed by atoms with E-state index in [-0.39, 0.29) is 4.90 Å². The fraction of sp³-hybridized carbons (Fsp3) is 0.0769. The van der Waals surface area contributed by atoms with Crippen molar-refractivity contribution in [2.45, 2.75) is 4.90 Å². The van der Waals surface area contributed by atoms with Crippen LogP contribution in [-0.4, -0.2) is 15.5 Å². The number of nitrogen functional groups attached to an aromatic ring is 1. The number of hydrogen-bond donors (Lipinski definition) is 2. The van der Waals surface area contributed by atoms with Crippen LogP contribution in [0, 0.1) is 0 Å². The Morgan fingerprint density at radius 1 is 1.20 bits per heavy atom. The van der Waals surface area contributed by atoms with Gasteiger partial charge in [-0.2, -0.15) is 0 Å². The molecule has 2 aromatic carbocycles. The Labute approximate surface area is 125 Å². The lowest BCUT2D eigenvalue weighted by molar-refractivity contribution is 0.417. The van der Waals surface area contributed by atoms with E-state index in [2.05, 4.69) is 20.7 Å². The molecular formula is C13H13BrN2O3S. The molecule has 0 fully saturated rings. The molecule has 2 aromatic rings. The molecule has 3 N–H and O–H groups in total. The molecule has 0 atom stereocenters. The maximum Gasteiger partial charge on any atom is 0.263 e. The first-order valence-corrected chi connectivity index (χ1v) is 7.92. The number of methoxy groups -OCH3 is 1. The van der Waals surface area contributed by atoms with Crippen molar-refractivity contribution in [2.24, 2.45) is 0 Å². The summed E-state index contributed by atoms with van der Waals surface area (Å²) in [7, 11) is -2.27. The van der Waals surface area contributed by atoms with Gasteiger partial charge in [0.25, 0.3) is 10.0 Å². The van der Waals surface area contributed by atoms with Crippen LogP contribution in [0.4, 0.5) is 11.4 Å². The minimum Gasteiger partial charge on any atom is -0.495 e. The number of benzene rings is 2. The number of nitrogens with two attached hydrogens (primary N) is 1. The molecule has 2 rings (SSSR count). The van der Waals surface area contributed by atoms with Gasteiger partial charge in [-0.25, -0.2) is 8.42 Å². The van der Waals surface area contributed by atoms with Gasteiger partial charge < -0.3 is 10.5 Å². The normalized spacial score (nSPS) is 11.1. The first kappa shape index (κ1) is 14.7. The van der Waals surface area contributed by atoms with Crippen molar-refractivity contribution >= 4 is 37.3 Å². The van der Waals surface area contributed by atoms with Gasteiger partial charge in [0.05, 0.1) is 12.8 Å². The summed E-state index contributed by atoms with van der Waals surface area (Å²) in [6, 6.07) is 11.3. The minimum absolute atomic E-state index is 0.143. The zero-order chi connectivity index (χ0) is 14.8. The zero-order valence-corrected chi connectivity index (χ0v) is 13.0. The van der Waals surface area contributed by atoms with E-state index in [9.17, 15) is 8.42 Å². The number of sulfonamides is 1. The molecule has 0 bridgehead atoms. The van der Waals surface area contributed by atoms with E-state index >= 15 is 0 Å². The van der Waals surface area contributed by atoms with Crippen LogP contribution in [-0.2, 0) is 10.0 Å². The fourth-order valence-electron chi connectivity index (χ4n) is 1.67. The maximum absolute atomic E-state index is 12.4. The predicted molar refractivity (Wildman–Crippen MR) is 82.4 cm³/mol. The van der Waals surface area contributed by atoms with Gasteiger partial charge >= 0.3 is 0 Å². The molecule has 0 heterocycles. The van der Waals surface area contributed by atoms with E-state index in [1.807, 2.05) is 0 Å². The molecule has 0 saturated carbocycles. The molecule has 5 nitrogen and oxygen atoms in total. The van der Waals surface area contributed by atoms with Gasteiger partial charge in [-0.3, -0.25) is 4.72 Å². The first-order valence-electron chi connectivity index (χ1n) is 5.65. The van der Waals surface area contributed by atoms with E-state index in [4.69, 9.17) is 10.5 Å². The van der Waals surface area contributed by atoms with Crippen molar-refractivity contribution < 1.29 is 13.2 Å². The summed E-state index contributed by atoms with van der Waals surface area (Å²) in [6.45, 7) is 0. The van der Waals surface area contributed by atoms with Gasteiger partial charge in [0.15, 0.2) is 0 Å². The lowest BCUT2D eigenvalue weighted by atomic mass is 10.2. The third-order valence-electron chi connectivity index (χ3n) is 2.59. The Balaban J connectivity index is 2.44. The van der Waals surface area contributed by atoms with Gasteiger partial charge in [0, 0.05) is 10.2 Å². The third-order valence-corrected chi connectivity index (χ3v) is 4.97. The second-order valence-electron chi connectivity index (χ2n) is 4.00. The lowest BCUT2D eigenvalue weighted by Crippen LogP contribution is -2.14. The van der Waals surface area contributed by atoms with Crippen LogP contribution in [0.2, 0.25) is 0 Å². The molecule has 0 aliphatic heterocycles. The van der Waals surface area contributed by atoms with E-state index < -0.39 is 10.0 Å². The van der Waals surface area contributed by atoms with Crippen LogP contribution >= 0.6 is 15.9 Å². The summed E-state index contributed by atoms with van der Waals surface area (Å²) in [6.07, 6.45) is 0. The Morgan fingerprint density at radius 3 is 2.55 bits per heavy atom. The van der Waals surface area contributed by atoms with Crippen molar-refractivity contribution in [3.63, 3.8) is 0 Å². The standard InChI is InChI=1S/C13H13BrN2O3S/c1-19-12-7-6-9(15)8-11(12)16-20(17,18)13-5-3-2-4-10(13)14/h2-8,16H,15H2,1H3. The molecule has 0 amide bonds. The largest absolute Gasteiger partial charge is 0.495 e. The molecule has 0 radical (unpaired) electrons. The van der Waals surface area contributed by atoms with Gasteiger partial charge in [-0.05, 0) is 46.3 Å². The van der Waals surface area contributed by atoms with Crippen LogP contribution < -0.4 is 15.2 Å². The summed E-state index contributed by atoms with van der Waals surface area (Å²) in [5.74, 6) is 0.398. The topological polar surface area (TPSA) is 81.4 Å². The second-order valence-corrected chi connectivity index (χ2v) is 6.50. The third kappa shape index (κ3) is 3.05. The van der Waals surface area contributed by atoms with E-state index in [1.165, 1.54) is 19.2 Å². The van der Waals surface area contributed by atoms with Crippen LogP contribution in [0.3, 0.4) is 0 Å². The molecule has 0 aliphatic rings. The van der Waals surface area contributed by atoms with Crippen molar-refractivity contribution in [3.8, 4) is 5.75 Å². The molecule has 20 heavy (non-hydrogen) atoms. The van der Waals surface area contributed by atoms with Crippen LogP contribution in [0.15, 0.2) is 51.8 Å². The van der Waals surface area contributed by atoms with Crippen molar-refractivity contribution in [1.29, 1.82) is 0 Å². The van der Waals surface area contributed by atoms with Crippen molar-refractivity contribution in [2.75, 3.05) is 17.6 Å². The lowest BCUT2D eigenvalue weighted by Gasteiger charge is -2.13. The summed E-state index contributed by atoms with van der Waals surface area (Å²) >= 11 is 3.22. The highest BCUT2D eigenvalue weighted by molar-refractivity contribution is 9.10. The smallest absolute Gasteiger partial charge is 0.263 e. The zero-order valence-electron chi connectivity index (χ0n) is 10.6. The molecule has 7 heteroatoms. The molecule has 0 aromatic heterocycles. The molecule has 106 valence electrons. The Bertz CT molecular complexity index is 732. The Hall–Kier alpha value is -1.73. The van der Waals surface area contributed by atoms with Crippen molar-refractivity contribution in [3.05, 3.63) is 46.9 Å². The van der Waals surface area contributed by atoms with Crippen molar-refractivity contribution in [1.82, 2.24) is 0 Å². The highest BCUT2D eigenvalue weighted by atomic mass is 79.9. The van der Waals surface area contributed by atoms with Gasteiger partial charge in [-0.15, -0.1) is 0 Å². The number of ether oxygens (including phenoxy) is 1. The SMILES string of the molecule is COc1ccc(N)cc1NS(=O)(=O)c1ccccc1Br. The number of anilines is 2. The summed E-state index contributed by atoms with van der Waals surface area (Å²) in [5, 5.41) is 0. The number of rotatable bonds is 4. The monoisotopic (exact) mass is 356 g/mol. The van der Waals surface area contributed by atoms with Crippen LogP contribution in [0.5, 0.6) is 5.75 Å². The summed E-state index contributed by atoms with van der Waals surface area (Å²) < 4.78 is 32.8. The number of nitrogens with one attached hydrogen (secondary N) is 1. The molecule has 0 aliphatic carbocycles. The van der Waals surface area contributed by atoms with E-state index in [0.29, 0.717) is 21.6 Å². The van der Waals surface area contributed by atoms with Crippen LogP contribution in [0.25, 0.3) is 0 Å². The number of hydrogen-bond acceptors (Lipinski definition) is 4. The van der Waals surface area contributed by atoms with Gasteiger partial charge in [0.1, 0.15) is 10.6 Å². The number of halogens is 1. The molecule has 0 unspecified atom stereocenters. The minimum atomic E-state index is -3.73. The Morgan fingerprint density at radius 2 is 1.90 bits per heavy atom. The van der Waals surface area contributed by atoms with Gasteiger partial charge in [-0.1, -0.05) is 12.1 Å². The van der Waals surface area contributed by atoms with E-state index in [1.54, 1.807) is 30.3 Å². The van der Waals surface area contributed by atoms with Gasteiger partial charge in [0.2, 0.25) is 0 Å². The quantitative estimate of drug-likeness (QED) is 0.825. The fourth-order valence-corrected chi connectivity index (χ4v) is 3.73. The second kappa shape index (κ2) is 5.72.